The standard InChI is InChI=1S/C22H19FN4OS2/c1-15-11-12-29-19(15)13-24-20(28)14-30-22-26-25-21(16-7-9-17(23)10-8-16)27(22)18-5-3-2-4-6-18/h2-12H,13-14H2,1H3,(H,24,28). The van der Waals surface area contributed by atoms with Crippen LogP contribution in [0.25, 0.3) is 17.1 Å². The lowest BCUT2D eigenvalue weighted by atomic mass is 10.2. The zero-order valence-corrected chi connectivity index (χ0v) is 17.8. The maximum absolute atomic E-state index is 13.3. The van der Waals surface area contributed by atoms with Crippen molar-refractivity contribution in [2.75, 3.05) is 5.75 Å². The minimum atomic E-state index is -0.309. The first kappa shape index (κ1) is 20.3. The Kier molecular flexibility index (Phi) is 6.25. The molecule has 0 saturated heterocycles. The number of nitrogens with zero attached hydrogens (tertiary/aromatic N) is 3. The van der Waals surface area contributed by atoms with Gasteiger partial charge >= 0.3 is 0 Å². The summed E-state index contributed by atoms with van der Waals surface area (Å²) in [6.45, 7) is 2.56. The van der Waals surface area contributed by atoms with Crippen LogP contribution < -0.4 is 5.32 Å². The van der Waals surface area contributed by atoms with E-state index in [0.717, 1.165) is 16.1 Å². The molecule has 0 atom stereocenters. The quantitative estimate of drug-likeness (QED) is 0.419. The predicted molar refractivity (Wildman–Crippen MR) is 118 cm³/mol. The molecule has 4 rings (SSSR count). The number of carbonyl (C=O) groups is 1. The Morgan fingerprint density at radius 1 is 1.10 bits per heavy atom. The summed E-state index contributed by atoms with van der Waals surface area (Å²) in [5.74, 6) is 0.438. The predicted octanol–water partition coefficient (Wildman–Crippen LogP) is 4.85. The molecule has 8 heteroatoms. The zero-order chi connectivity index (χ0) is 20.9. The van der Waals surface area contributed by atoms with Gasteiger partial charge in [0.2, 0.25) is 5.91 Å². The molecule has 0 spiro atoms. The van der Waals surface area contributed by atoms with E-state index in [-0.39, 0.29) is 17.5 Å². The van der Waals surface area contributed by atoms with E-state index < -0.39 is 0 Å². The molecule has 2 aromatic heterocycles. The topological polar surface area (TPSA) is 59.8 Å². The third-order valence-corrected chi connectivity index (χ3v) is 6.45. The van der Waals surface area contributed by atoms with E-state index in [1.165, 1.54) is 29.5 Å². The summed E-state index contributed by atoms with van der Waals surface area (Å²) in [6, 6.07) is 17.8. The van der Waals surface area contributed by atoms with Gasteiger partial charge in [-0.3, -0.25) is 9.36 Å². The number of aryl methyl sites for hydroxylation is 1. The number of benzene rings is 2. The van der Waals surface area contributed by atoms with Gasteiger partial charge in [0.25, 0.3) is 0 Å². The van der Waals surface area contributed by atoms with E-state index >= 15 is 0 Å². The van der Waals surface area contributed by atoms with E-state index in [4.69, 9.17) is 0 Å². The molecule has 5 nitrogen and oxygen atoms in total. The number of carbonyl (C=O) groups excluding carboxylic acids is 1. The molecule has 152 valence electrons. The van der Waals surface area contributed by atoms with Crippen LogP contribution in [0.2, 0.25) is 0 Å². The Hall–Kier alpha value is -2.97. The Balaban J connectivity index is 1.53. The van der Waals surface area contributed by atoms with Crippen molar-refractivity contribution in [3.63, 3.8) is 0 Å². The molecule has 4 aromatic rings. The average molecular weight is 439 g/mol. The largest absolute Gasteiger partial charge is 0.350 e. The van der Waals surface area contributed by atoms with Gasteiger partial charge in [0.15, 0.2) is 11.0 Å². The van der Waals surface area contributed by atoms with E-state index in [1.807, 2.05) is 53.3 Å². The van der Waals surface area contributed by atoms with Crippen molar-refractivity contribution in [2.24, 2.45) is 0 Å². The molecule has 0 bridgehead atoms. The van der Waals surface area contributed by atoms with Crippen LogP contribution in [0, 0.1) is 12.7 Å². The summed E-state index contributed by atoms with van der Waals surface area (Å²) < 4.78 is 15.2. The van der Waals surface area contributed by atoms with E-state index in [1.54, 1.807) is 23.5 Å². The average Bonchev–Trinajstić information content (AvgIpc) is 3.38. The summed E-state index contributed by atoms with van der Waals surface area (Å²) >= 11 is 2.95. The van der Waals surface area contributed by atoms with Gasteiger partial charge in [-0.05, 0) is 60.3 Å². The first-order valence-electron chi connectivity index (χ1n) is 9.31. The molecule has 0 saturated carbocycles. The Morgan fingerprint density at radius 3 is 2.57 bits per heavy atom. The molecule has 0 fully saturated rings. The van der Waals surface area contributed by atoms with Gasteiger partial charge in [0.1, 0.15) is 5.82 Å². The van der Waals surface area contributed by atoms with E-state index in [9.17, 15) is 9.18 Å². The highest BCUT2D eigenvalue weighted by molar-refractivity contribution is 7.99. The van der Waals surface area contributed by atoms with Crippen molar-refractivity contribution < 1.29 is 9.18 Å². The molecule has 0 aliphatic rings. The van der Waals surface area contributed by atoms with Gasteiger partial charge in [-0.1, -0.05) is 30.0 Å². The molecule has 0 aliphatic heterocycles. The number of aromatic nitrogens is 3. The van der Waals surface area contributed by atoms with E-state index in [2.05, 4.69) is 15.5 Å². The van der Waals surface area contributed by atoms with Crippen molar-refractivity contribution in [3.05, 3.63) is 82.3 Å². The van der Waals surface area contributed by atoms with Crippen LogP contribution in [0.4, 0.5) is 4.39 Å². The SMILES string of the molecule is Cc1ccsc1CNC(=O)CSc1nnc(-c2ccc(F)cc2)n1-c1ccccc1. The Morgan fingerprint density at radius 2 is 1.87 bits per heavy atom. The number of thiophene rings is 1. The number of hydrogen-bond acceptors (Lipinski definition) is 5. The smallest absolute Gasteiger partial charge is 0.230 e. The fourth-order valence-corrected chi connectivity index (χ4v) is 4.53. The van der Waals surface area contributed by atoms with Crippen molar-refractivity contribution >= 4 is 29.0 Å². The van der Waals surface area contributed by atoms with Crippen molar-refractivity contribution in [3.8, 4) is 17.1 Å². The van der Waals surface area contributed by atoms with Crippen molar-refractivity contribution in [2.45, 2.75) is 18.6 Å². The molecular weight excluding hydrogens is 419 g/mol. The Bertz CT molecular complexity index is 1140. The number of para-hydroxylation sites is 1. The van der Waals surface area contributed by atoms with Crippen LogP contribution in [0.5, 0.6) is 0 Å². The second kappa shape index (κ2) is 9.23. The normalized spacial score (nSPS) is 10.9. The second-order valence-electron chi connectivity index (χ2n) is 6.58. The van der Waals surface area contributed by atoms with Gasteiger partial charge in [0, 0.05) is 16.1 Å². The van der Waals surface area contributed by atoms with Crippen LogP contribution in [0.15, 0.2) is 71.2 Å². The van der Waals surface area contributed by atoms with Gasteiger partial charge in [-0.2, -0.15) is 0 Å². The molecule has 1 N–H and O–H groups in total. The zero-order valence-electron chi connectivity index (χ0n) is 16.2. The lowest BCUT2D eigenvalue weighted by Crippen LogP contribution is -2.24. The van der Waals surface area contributed by atoms with Crippen LogP contribution in [-0.2, 0) is 11.3 Å². The highest BCUT2D eigenvalue weighted by atomic mass is 32.2. The highest BCUT2D eigenvalue weighted by Gasteiger charge is 2.17. The number of rotatable bonds is 7. The summed E-state index contributed by atoms with van der Waals surface area (Å²) in [6.07, 6.45) is 0. The number of hydrogen-bond donors (Lipinski definition) is 1. The van der Waals surface area contributed by atoms with Gasteiger partial charge in [-0.15, -0.1) is 21.5 Å². The molecule has 30 heavy (non-hydrogen) atoms. The maximum atomic E-state index is 13.3. The Labute approximate surface area is 182 Å². The summed E-state index contributed by atoms with van der Waals surface area (Å²) in [5, 5.41) is 14.2. The van der Waals surface area contributed by atoms with Gasteiger partial charge in [0.05, 0.1) is 12.3 Å². The first-order valence-corrected chi connectivity index (χ1v) is 11.2. The van der Waals surface area contributed by atoms with Crippen LogP contribution in [0.3, 0.4) is 0 Å². The van der Waals surface area contributed by atoms with Gasteiger partial charge in [-0.25, -0.2) is 4.39 Å². The molecule has 0 radical (unpaired) electrons. The number of amides is 1. The number of nitrogens with one attached hydrogen (secondary N) is 1. The minimum Gasteiger partial charge on any atom is -0.350 e. The third-order valence-electron chi connectivity index (χ3n) is 4.50. The second-order valence-corrected chi connectivity index (χ2v) is 8.52. The lowest BCUT2D eigenvalue weighted by molar-refractivity contribution is -0.118. The summed E-state index contributed by atoms with van der Waals surface area (Å²) in [5.41, 5.74) is 2.80. The maximum Gasteiger partial charge on any atom is 0.230 e. The van der Waals surface area contributed by atoms with Crippen molar-refractivity contribution in [1.82, 2.24) is 20.1 Å². The summed E-state index contributed by atoms with van der Waals surface area (Å²) in [4.78, 5) is 13.5. The number of thioether (sulfide) groups is 1. The van der Waals surface area contributed by atoms with E-state index in [0.29, 0.717) is 17.5 Å². The highest BCUT2D eigenvalue weighted by Crippen LogP contribution is 2.28. The molecule has 0 unspecified atom stereocenters. The number of halogens is 1. The van der Waals surface area contributed by atoms with Crippen LogP contribution in [-0.4, -0.2) is 26.4 Å². The van der Waals surface area contributed by atoms with Crippen LogP contribution in [0.1, 0.15) is 10.4 Å². The molecule has 2 heterocycles. The van der Waals surface area contributed by atoms with Gasteiger partial charge < -0.3 is 5.32 Å². The van der Waals surface area contributed by atoms with Crippen LogP contribution >= 0.6 is 23.1 Å². The molecular formula is C22H19FN4OS2. The summed E-state index contributed by atoms with van der Waals surface area (Å²) in [7, 11) is 0. The fourth-order valence-electron chi connectivity index (χ4n) is 2.90. The van der Waals surface area contributed by atoms with Crippen molar-refractivity contribution in [1.29, 1.82) is 0 Å². The lowest BCUT2D eigenvalue weighted by Gasteiger charge is -2.10. The molecule has 0 aliphatic carbocycles. The first-order chi connectivity index (χ1) is 14.6. The fraction of sp³-hybridized carbons (Fsp3) is 0.136. The molecule has 1 amide bonds. The molecule has 2 aromatic carbocycles. The third kappa shape index (κ3) is 4.60. The monoisotopic (exact) mass is 438 g/mol. The minimum absolute atomic E-state index is 0.0706.